The maximum Gasteiger partial charge on any atom is 0.289 e. The molecule has 0 saturated carbocycles. The lowest BCUT2D eigenvalue weighted by atomic mass is 10.2. The highest BCUT2D eigenvalue weighted by atomic mass is 28.3. The number of amides is 1. The molecule has 2 aromatic rings. The highest BCUT2D eigenvalue weighted by Gasteiger charge is 2.37. The number of benzene rings is 1. The molecule has 1 N–H and O–H groups in total. The van der Waals surface area contributed by atoms with E-state index in [2.05, 4.69) is 45.9 Å². The van der Waals surface area contributed by atoms with Crippen LogP contribution in [0.3, 0.4) is 0 Å². The summed E-state index contributed by atoms with van der Waals surface area (Å²) in [5.74, 6) is -0.0949. The van der Waals surface area contributed by atoms with E-state index in [9.17, 15) is 9.59 Å². The van der Waals surface area contributed by atoms with Crippen molar-refractivity contribution in [3.63, 3.8) is 0 Å². The minimum absolute atomic E-state index is 0.0436. The maximum absolute atomic E-state index is 13.1. The summed E-state index contributed by atoms with van der Waals surface area (Å²) in [6.07, 6.45) is 0.716. The molecule has 3 heterocycles. The zero-order chi connectivity index (χ0) is 27.6. The molecule has 1 aromatic carbocycles. The van der Waals surface area contributed by atoms with Crippen LogP contribution in [0, 0.1) is 0 Å². The van der Waals surface area contributed by atoms with Crippen LogP contribution in [-0.2, 0) is 14.3 Å². The van der Waals surface area contributed by atoms with E-state index in [-0.39, 0.29) is 23.4 Å². The number of ketones is 1. The number of anilines is 2. The van der Waals surface area contributed by atoms with Crippen LogP contribution in [-0.4, -0.2) is 88.2 Å². The molecule has 2 aliphatic rings. The fraction of sp³-hybridized carbons (Fsp3) is 0.462. The van der Waals surface area contributed by atoms with Gasteiger partial charge in [0, 0.05) is 19.1 Å². The second kappa shape index (κ2) is 11.0. The first-order valence-corrected chi connectivity index (χ1v) is 15.9. The van der Waals surface area contributed by atoms with E-state index in [1.54, 1.807) is 6.07 Å². The van der Waals surface area contributed by atoms with Crippen LogP contribution >= 0.6 is 0 Å². The Morgan fingerprint density at radius 2 is 1.84 bits per heavy atom. The van der Waals surface area contributed by atoms with Gasteiger partial charge in [0.2, 0.25) is 29.6 Å². The number of carbonyl (C=O) groups excluding carboxylic acids is 2. The molecule has 2 atom stereocenters. The Morgan fingerprint density at radius 1 is 1.16 bits per heavy atom. The van der Waals surface area contributed by atoms with Gasteiger partial charge in [0.15, 0.2) is 5.69 Å². The SMILES string of the molecule is COc1nc(N2CCC(N(C)C)C2)nc(OC)c1NC(=O)C1OC(Oc2cccc([Si](C)(C)C)c2)=CC1=O. The Balaban J connectivity index is 1.47. The smallest absolute Gasteiger partial charge is 0.289 e. The summed E-state index contributed by atoms with van der Waals surface area (Å²) in [7, 11) is 5.39. The van der Waals surface area contributed by atoms with E-state index in [4.69, 9.17) is 18.9 Å². The van der Waals surface area contributed by atoms with Crippen molar-refractivity contribution >= 4 is 36.6 Å². The molecule has 12 heteroatoms. The third-order valence-corrected chi connectivity index (χ3v) is 8.59. The van der Waals surface area contributed by atoms with Crippen LogP contribution in [0.5, 0.6) is 17.5 Å². The Kier molecular flexibility index (Phi) is 7.93. The average molecular weight is 542 g/mol. The molecule has 2 aliphatic heterocycles. The van der Waals surface area contributed by atoms with Gasteiger partial charge in [0.25, 0.3) is 11.9 Å². The number of carbonyl (C=O) groups is 2. The topological polar surface area (TPSA) is 115 Å². The van der Waals surface area contributed by atoms with Crippen LogP contribution in [0.15, 0.2) is 36.3 Å². The molecule has 4 rings (SSSR count). The largest absolute Gasteiger partial charge is 0.479 e. The molecule has 0 spiro atoms. The van der Waals surface area contributed by atoms with Crippen molar-refractivity contribution in [3.8, 4) is 17.5 Å². The van der Waals surface area contributed by atoms with Crippen molar-refractivity contribution in [3.05, 3.63) is 36.3 Å². The number of hydrogen-bond donors (Lipinski definition) is 1. The molecule has 1 amide bonds. The number of methoxy groups -OCH3 is 2. The molecule has 1 saturated heterocycles. The first-order valence-electron chi connectivity index (χ1n) is 12.4. The normalized spacial score (nSPS) is 19.3. The molecule has 1 fully saturated rings. The predicted molar refractivity (Wildman–Crippen MR) is 146 cm³/mol. The van der Waals surface area contributed by atoms with Gasteiger partial charge < -0.3 is 34.1 Å². The van der Waals surface area contributed by atoms with Crippen LogP contribution < -0.4 is 29.6 Å². The number of nitrogens with zero attached hydrogens (tertiary/aromatic N) is 4. The van der Waals surface area contributed by atoms with E-state index in [0.717, 1.165) is 19.5 Å². The predicted octanol–water partition coefficient (Wildman–Crippen LogP) is 2.01. The molecular weight excluding hydrogens is 506 g/mol. The van der Waals surface area contributed by atoms with Gasteiger partial charge in [-0.05, 0) is 32.6 Å². The van der Waals surface area contributed by atoms with Gasteiger partial charge in [-0.2, -0.15) is 9.97 Å². The quantitative estimate of drug-likeness (QED) is 0.373. The second-order valence-corrected chi connectivity index (χ2v) is 15.6. The summed E-state index contributed by atoms with van der Waals surface area (Å²) >= 11 is 0. The first-order chi connectivity index (χ1) is 18.0. The summed E-state index contributed by atoms with van der Waals surface area (Å²) in [4.78, 5) is 38.9. The summed E-state index contributed by atoms with van der Waals surface area (Å²) in [5, 5.41) is 3.84. The lowest BCUT2D eigenvalue weighted by Gasteiger charge is -2.22. The van der Waals surface area contributed by atoms with Gasteiger partial charge >= 0.3 is 0 Å². The summed E-state index contributed by atoms with van der Waals surface area (Å²) in [6, 6.07) is 8.05. The number of rotatable bonds is 9. The van der Waals surface area contributed by atoms with Gasteiger partial charge in [0.1, 0.15) is 5.75 Å². The average Bonchev–Trinajstić information content (AvgIpc) is 3.51. The van der Waals surface area contributed by atoms with Crippen molar-refractivity contribution < 1.29 is 28.5 Å². The molecule has 204 valence electrons. The highest BCUT2D eigenvalue weighted by molar-refractivity contribution is 6.88. The number of hydrogen-bond acceptors (Lipinski definition) is 10. The van der Waals surface area contributed by atoms with Gasteiger partial charge in [0.05, 0.1) is 28.4 Å². The van der Waals surface area contributed by atoms with E-state index in [1.807, 2.05) is 31.1 Å². The minimum atomic E-state index is -1.56. The molecule has 0 aliphatic carbocycles. The Morgan fingerprint density at radius 3 is 2.42 bits per heavy atom. The Hall–Kier alpha value is -3.64. The summed E-state index contributed by atoms with van der Waals surface area (Å²) in [6.45, 7) is 8.22. The van der Waals surface area contributed by atoms with E-state index in [0.29, 0.717) is 17.7 Å². The van der Waals surface area contributed by atoms with Gasteiger partial charge in [-0.15, -0.1) is 0 Å². The molecule has 0 bridgehead atoms. The molecule has 1 aromatic heterocycles. The number of likely N-dealkylation sites (N-methyl/N-ethyl adjacent to an activating group) is 1. The molecule has 2 unspecified atom stereocenters. The van der Waals surface area contributed by atoms with Crippen molar-refractivity contribution in [2.75, 3.05) is 51.6 Å². The monoisotopic (exact) mass is 541 g/mol. The van der Waals surface area contributed by atoms with Crippen molar-refractivity contribution in [2.45, 2.75) is 38.2 Å². The maximum atomic E-state index is 13.1. The van der Waals surface area contributed by atoms with Gasteiger partial charge in [-0.25, -0.2) is 0 Å². The van der Waals surface area contributed by atoms with Crippen LogP contribution in [0.2, 0.25) is 19.6 Å². The second-order valence-electron chi connectivity index (χ2n) is 10.5. The fourth-order valence-electron chi connectivity index (χ4n) is 4.27. The van der Waals surface area contributed by atoms with Crippen molar-refractivity contribution in [1.82, 2.24) is 14.9 Å². The lowest BCUT2D eigenvalue weighted by molar-refractivity contribution is -0.134. The van der Waals surface area contributed by atoms with E-state index < -0.39 is 25.9 Å². The molecule has 11 nitrogen and oxygen atoms in total. The van der Waals surface area contributed by atoms with Crippen LogP contribution in [0.1, 0.15) is 6.42 Å². The highest BCUT2D eigenvalue weighted by Crippen LogP contribution is 2.35. The van der Waals surface area contributed by atoms with E-state index >= 15 is 0 Å². The van der Waals surface area contributed by atoms with Crippen LogP contribution in [0.4, 0.5) is 11.6 Å². The zero-order valence-corrected chi connectivity index (χ0v) is 23.9. The molecule has 38 heavy (non-hydrogen) atoms. The van der Waals surface area contributed by atoms with Crippen LogP contribution in [0.25, 0.3) is 0 Å². The standard InChI is InChI=1S/C26H35N5O6Si/c1-30(2)16-11-12-31(15-16)26-28-24(34-3)21(25(29-26)35-4)27-23(33)22-19(32)14-20(37-22)36-17-9-8-10-18(13-17)38(5,6)7/h8-10,13-14,16,22H,11-12,15H2,1-7H3,(H,27,33). The van der Waals surface area contributed by atoms with Gasteiger partial charge in [-0.3, -0.25) is 9.59 Å². The minimum Gasteiger partial charge on any atom is -0.479 e. The molecular formula is C26H35N5O6Si. The molecule has 0 radical (unpaired) electrons. The van der Waals surface area contributed by atoms with Crippen molar-refractivity contribution in [1.29, 1.82) is 0 Å². The first kappa shape index (κ1) is 27.4. The van der Waals surface area contributed by atoms with Crippen molar-refractivity contribution in [2.24, 2.45) is 0 Å². The van der Waals surface area contributed by atoms with Gasteiger partial charge in [-0.1, -0.05) is 37.0 Å². The summed E-state index contributed by atoms with van der Waals surface area (Å²) < 4.78 is 22.3. The third kappa shape index (κ3) is 5.91. The third-order valence-electron chi connectivity index (χ3n) is 6.55. The fourth-order valence-corrected chi connectivity index (χ4v) is 5.44. The zero-order valence-electron chi connectivity index (χ0n) is 22.9. The number of aromatic nitrogens is 2. The number of nitrogens with one attached hydrogen (secondary N) is 1. The Labute approximate surface area is 223 Å². The number of ether oxygens (including phenoxy) is 4. The van der Waals surface area contributed by atoms with E-state index in [1.165, 1.54) is 25.5 Å². The Bertz CT molecular complexity index is 1220. The summed E-state index contributed by atoms with van der Waals surface area (Å²) in [5.41, 5.74) is 0.112. The lowest BCUT2D eigenvalue weighted by Crippen LogP contribution is -2.37.